The highest BCUT2D eigenvalue weighted by Gasteiger charge is 2.25. The van der Waals surface area contributed by atoms with Gasteiger partial charge < -0.3 is 10.2 Å². The average Bonchev–Trinajstić information content (AvgIpc) is 2.63. The van der Waals surface area contributed by atoms with E-state index in [1.165, 1.54) is 5.56 Å². The van der Waals surface area contributed by atoms with Gasteiger partial charge in [-0.3, -0.25) is 5.41 Å². The summed E-state index contributed by atoms with van der Waals surface area (Å²) in [6, 6.07) is 1.94. The summed E-state index contributed by atoms with van der Waals surface area (Å²) in [6.45, 7) is 7.99. The average molecular weight is 331 g/mol. The van der Waals surface area contributed by atoms with E-state index >= 15 is 0 Å². The van der Waals surface area contributed by atoms with Crippen molar-refractivity contribution >= 4 is 39.2 Å². The third-order valence-electron chi connectivity index (χ3n) is 3.24. The van der Waals surface area contributed by atoms with Crippen molar-refractivity contribution in [2.45, 2.75) is 26.7 Å². The predicted octanol–water partition coefficient (Wildman–Crippen LogP) is 3.88. The van der Waals surface area contributed by atoms with Crippen molar-refractivity contribution in [3.8, 4) is 0 Å². The second kappa shape index (κ2) is 5.10. The largest absolute Gasteiger partial charge is 0.354 e. The number of hydrogen-bond donors (Lipinski definition) is 2. The Labute approximate surface area is 121 Å². The van der Waals surface area contributed by atoms with Crippen molar-refractivity contribution in [3.05, 3.63) is 26.7 Å². The monoisotopic (exact) mass is 329 g/mol. The molecular formula is C13H17BrClN3. The van der Waals surface area contributed by atoms with Crippen molar-refractivity contribution in [3.63, 3.8) is 0 Å². The van der Waals surface area contributed by atoms with Crippen molar-refractivity contribution in [2.24, 2.45) is 0 Å². The lowest BCUT2D eigenvalue weighted by molar-refractivity contribution is 0.848. The first kappa shape index (κ1) is 13.7. The highest BCUT2D eigenvalue weighted by molar-refractivity contribution is 9.10. The number of hydrogen-bond acceptors (Lipinski definition) is 1. The van der Waals surface area contributed by atoms with E-state index in [1.54, 1.807) is 0 Å². The number of guanidine groups is 1. The maximum absolute atomic E-state index is 7.91. The van der Waals surface area contributed by atoms with Gasteiger partial charge in [-0.05, 0) is 30.0 Å². The summed E-state index contributed by atoms with van der Waals surface area (Å²) in [5.41, 5.74) is 3.37. The van der Waals surface area contributed by atoms with Gasteiger partial charge in [-0.25, -0.2) is 0 Å². The van der Waals surface area contributed by atoms with Crippen LogP contribution in [0.3, 0.4) is 0 Å². The van der Waals surface area contributed by atoms with Crippen LogP contribution in [0.5, 0.6) is 0 Å². The van der Waals surface area contributed by atoms with Crippen LogP contribution in [0.15, 0.2) is 10.5 Å². The fourth-order valence-corrected chi connectivity index (χ4v) is 3.97. The molecule has 2 N–H and O–H groups in total. The molecule has 0 bridgehead atoms. The van der Waals surface area contributed by atoms with Gasteiger partial charge in [-0.1, -0.05) is 41.4 Å². The first-order chi connectivity index (χ1) is 8.43. The van der Waals surface area contributed by atoms with Gasteiger partial charge in [0.05, 0.1) is 10.7 Å². The van der Waals surface area contributed by atoms with Gasteiger partial charge in [0.25, 0.3) is 0 Å². The van der Waals surface area contributed by atoms with E-state index in [1.807, 2.05) is 11.0 Å². The minimum Gasteiger partial charge on any atom is -0.354 e. The van der Waals surface area contributed by atoms with Crippen LogP contribution in [0.4, 0.5) is 5.69 Å². The van der Waals surface area contributed by atoms with Crippen molar-refractivity contribution in [2.75, 3.05) is 18.0 Å². The number of rotatable bonds is 2. The van der Waals surface area contributed by atoms with Crippen molar-refractivity contribution in [1.82, 2.24) is 5.32 Å². The highest BCUT2D eigenvalue weighted by Crippen LogP contribution is 2.40. The second-order valence-electron chi connectivity index (χ2n) is 4.81. The Morgan fingerprint density at radius 2 is 2.17 bits per heavy atom. The molecular weight excluding hydrogens is 314 g/mol. The molecule has 1 heterocycles. The Morgan fingerprint density at radius 3 is 2.67 bits per heavy atom. The van der Waals surface area contributed by atoms with Gasteiger partial charge in [0.1, 0.15) is 0 Å². The minimum atomic E-state index is 0.417. The molecule has 1 aromatic carbocycles. The van der Waals surface area contributed by atoms with Crippen LogP contribution in [0.25, 0.3) is 0 Å². The smallest absolute Gasteiger partial charge is 0.195 e. The van der Waals surface area contributed by atoms with E-state index in [0.29, 0.717) is 16.9 Å². The topological polar surface area (TPSA) is 39.1 Å². The van der Waals surface area contributed by atoms with E-state index in [4.69, 9.17) is 17.0 Å². The molecule has 1 saturated heterocycles. The summed E-state index contributed by atoms with van der Waals surface area (Å²) in [5, 5.41) is 11.6. The molecule has 0 radical (unpaired) electrons. The summed E-state index contributed by atoms with van der Waals surface area (Å²) in [4.78, 5) is 1.94. The summed E-state index contributed by atoms with van der Waals surface area (Å²) < 4.78 is 1.04. The molecule has 0 unspecified atom stereocenters. The molecule has 1 aliphatic heterocycles. The van der Waals surface area contributed by atoms with Gasteiger partial charge in [0.15, 0.2) is 5.96 Å². The molecule has 98 valence electrons. The fraction of sp³-hybridized carbons (Fsp3) is 0.462. The van der Waals surface area contributed by atoms with Crippen LogP contribution in [0.1, 0.15) is 30.9 Å². The lowest BCUT2D eigenvalue weighted by Gasteiger charge is -2.24. The molecule has 1 aliphatic rings. The molecule has 0 aromatic heterocycles. The van der Waals surface area contributed by atoms with E-state index < -0.39 is 0 Å². The highest BCUT2D eigenvalue weighted by atomic mass is 79.9. The summed E-state index contributed by atoms with van der Waals surface area (Å²) in [7, 11) is 0. The standard InChI is InChI=1S/C13H17BrClN3/c1-7(2)11-8(3)12(10(15)6-9(11)14)18-5-4-17-13(18)16/h6-7H,4-5H2,1-3H3,(H2,16,17). The number of benzene rings is 1. The molecule has 5 heteroatoms. The molecule has 0 atom stereocenters. The number of nitrogens with zero attached hydrogens (tertiary/aromatic N) is 1. The van der Waals surface area contributed by atoms with Gasteiger partial charge >= 0.3 is 0 Å². The third kappa shape index (κ3) is 2.24. The summed E-state index contributed by atoms with van der Waals surface area (Å²) in [6.07, 6.45) is 0. The van der Waals surface area contributed by atoms with Crippen LogP contribution in [0, 0.1) is 12.3 Å². The lowest BCUT2D eigenvalue weighted by Crippen LogP contribution is -2.29. The Hall–Kier alpha value is -0.740. The number of anilines is 1. The van der Waals surface area contributed by atoms with Crippen molar-refractivity contribution < 1.29 is 0 Å². The fourth-order valence-electron chi connectivity index (χ4n) is 2.50. The summed E-state index contributed by atoms with van der Waals surface area (Å²) in [5.74, 6) is 0.845. The molecule has 0 saturated carbocycles. The predicted molar refractivity (Wildman–Crippen MR) is 81.1 cm³/mol. The first-order valence-electron chi connectivity index (χ1n) is 6.02. The van der Waals surface area contributed by atoms with Crippen LogP contribution in [-0.4, -0.2) is 19.0 Å². The number of halogens is 2. The van der Waals surface area contributed by atoms with Gasteiger partial charge in [0, 0.05) is 17.6 Å². The molecule has 2 rings (SSSR count). The summed E-state index contributed by atoms with van der Waals surface area (Å²) >= 11 is 9.94. The van der Waals surface area contributed by atoms with Crippen LogP contribution in [0.2, 0.25) is 5.02 Å². The molecule has 1 fully saturated rings. The van der Waals surface area contributed by atoms with Gasteiger partial charge in [-0.15, -0.1) is 0 Å². The molecule has 0 amide bonds. The molecule has 18 heavy (non-hydrogen) atoms. The molecule has 0 aliphatic carbocycles. The quantitative estimate of drug-likeness (QED) is 0.864. The normalized spacial score (nSPS) is 15.4. The van der Waals surface area contributed by atoms with E-state index in [-0.39, 0.29) is 0 Å². The third-order valence-corrected chi connectivity index (χ3v) is 4.19. The lowest BCUT2D eigenvalue weighted by atomic mass is 9.96. The van der Waals surface area contributed by atoms with Crippen molar-refractivity contribution in [1.29, 1.82) is 5.41 Å². The SMILES string of the molecule is Cc1c(C(C)C)c(Br)cc(Cl)c1N1CCNC1=N. The van der Waals surface area contributed by atoms with Gasteiger partial charge in [-0.2, -0.15) is 0 Å². The van der Waals surface area contributed by atoms with E-state index in [9.17, 15) is 0 Å². The zero-order valence-electron chi connectivity index (χ0n) is 10.8. The van der Waals surface area contributed by atoms with Crippen LogP contribution in [-0.2, 0) is 0 Å². The molecule has 3 nitrogen and oxygen atoms in total. The van der Waals surface area contributed by atoms with Crippen LogP contribution < -0.4 is 10.2 Å². The van der Waals surface area contributed by atoms with Gasteiger partial charge in [0.2, 0.25) is 0 Å². The molecule has 1 aromatic rings. The zero-order valence-corrected chi connectivity index (χ0v) is 13.1. The minimum absolute atomic E-state index is 0.417. The zero-order chi connectivity index (χ0) is 13.4. The Bertz CT molecular complexity index is 499. The molecule has 0 spiro atoms. The maximum Gasteiger partial charge on any atom is 0.195 e. The maximum atomic E-state index is 7.91. The Kier molecular flexibility index (Phi) is 3.87. The Balaban J connectivity index is 2.60. The first-order valence-corrected chi connectivity index (χ1v) is 7.19. The van der Waals surface area contributed by atoms with E-state index in [0.717, 1.165) is 28.8 Å². The van der Waals surface area contributed by atoms with Crippen LogP contribution >= 0.6 is 27.5 Å². The second-order valence-corrected chi connectivity index (χ2v) is 6.07. The number of nitrogens with one attached hydrogen (secondary N) is 2. The van der Waals surface area contributed by atoms with E-state index in [2.05, 4.69) is 42.0 Å². The Morgan fingerprint density at radius 1 is 1.50 bits per heavy atom.